The largest absolute Gasteiger partial charge is 0.497 e. The highest BCUT2D eigenvalue weighted by Gasteiger charge is 2.29. The molecule has 0 aliphatic carbocycles. The Morgan fingerprint density at radius 3 is 1.86 bits per heavy atom. The molecule has 0 amide bonds. The molecule has 3 aromatic rings. The van der Waals surface area contributed by atoms with Crippen molar-refractivity contribution in [3.05, 3.63) is 95.6 Å². The van der Waals surface area contributed by atoms with Crippen molar-refractivity contribution in [2.24, 2.45) is 0 Å². The molecule has 0 fully saturated rings. The highest BCUT2D eigenvalue weighted by Crippen LogP contribution is 2.38. The third-order valence-electron chi connectivity index (χ3n) is 5.24. The molecule has 0 aromatic heterocycles. The second-order valence-electron chi connectivity index (χ2n) is 7.16. The summed E-state index contributed by atoms with van der Waals surface area (Å²) in [6, 6.07) is 26.6. The predicted molar refractivity (Wildman–Crippen MR) is 112 cm³/mol. The number of benzene rings is 3. The van der Waals surface area contributed by atoms with Crippen LogP contribution in [0, 0.1) is 0 Å². The van der Waals surface area contributed by atoms with Crippen LogP contribution in [0.1, 0.15) is 37.0 Å². The number of ether oxygens (including phenoxy) is 2. The van der Waals surface area contributed by atoms with Gasteiger partial charge in [-0.25, -0.2) is 0 Å². The first kappa shape index (κ1) is 19.7. The molecule has 0 bridgehead atoms. The van der Waals surface area contributed by atoms with E-state index < -0.39 is 0 Å². The van der Waals surface area contributed by atoms with E-state index in [1.54, 1.807) is 7.11 Å². The lowest BCUT2D eigenvalue weighted by atomic mass is 9.72. The van der Waals surface area contributed by atoms with Gasteiger partial charge >= 0.3 is 5.97 Å². The maximum absolute atomic E-state index is 11.2. The van der Waals surface area contributed by atoms with Crippen molar-refractivity contribution in [2.75, 3.05) is 7.11 Å². The van der Waals surface area contributed by atoms with Crippen LogP contribution < -0.4 is 9.47 Å². The number of carbonyl (C=O) groups is 1. The Balaban J connectivity index is 1.93. The van der Waals surface area contributed by atoms with Gasteiger partial charge in [-0.15, -0.1) is 0 Å². The van der Waals surface area contributed by atoms with Crippen molar-refractivity contribution in [3.8, 4) is 11.5 Å². The molecule has 3 heteroatoms. The topological polar surface area (TPSA) is 35.5 Å². The lowest BCUT2D eigenvalue weighted by Crippen LogP contribution is -2.24. The molecule has 144 valence electrons. The van der Waals surface area contributed by atoms with Crippen LogP contribution in [0.25, 0.3) is 0 Å². The van der Waals surface area contributed by atoms with E-state index in [0.29, 0.717) is 5.75 Å². The Bertz CT molecular complexity index is 899. The predicted octanol–water partition coefficient (Wildman–Crippen LogP) is 5.56. The van der Waals surface area contributed by atoms with E-state index in [-0.39, 0.29) is 11.4 Å². The second-order valence-corrected chi connectivity index (χ2v) is 7.16. The zero-order chi connectivity index (χ0) is 20.0. The van der Waals surface area contributed by atoms with E-state index in [4.69, 9.17) is 9.47 Å². The van der Waals surface area contributed by atoms with Gasteiger partial charge in [0, 0.05) is 12.3 Å². The van der Waals surface area contributed by atoms with Gasteiger partial charge in [0.05, 0.1) is 7.11 Å². The highest BCUT2D eigenvalue weighted by atomic mass is 16.5. The molecular weight excluding hydrogens is 348 g/mol. The van der Waals surface area contributed by atoms with Crippen molar-refractivity contribution in [1.29, 1.82) is 0 Å². The number of hydrogen-bond acceptors (Lipinski definition) is 3. The van der Waals surface area contributed by atoms with Crippen LogP contribution in [-0.4, -0.2) is 13.1 Å². The Labute approximate surface area is 166 Å². The lowest BCUT2D eigenvalue weighted by Gasteiger charge is -2.31. The van der Waals surface area contributed by atoms with Gasteiger partial charge in [0.25, 0.3) is 0 Å². The van der Waals surface area contributed by atoms with E-state index in [2.05, 4.69) is 43.3 Å². The summed E-state index contributed by atoms with van der Waals surface area (Å²) < 4.78 is 10.5. The summed E-state index contributed by atoms with van der Waals surface area (Å²) in [5.41, 5.74) is 3.55. The average molecular weight is 374 g/mol. The fourth-order valence-electron chi connectivity index (χ4n) is 3.51. The van der Waals surface area contributed by atoms with Crippen molar-refractivity contribution < 1.29 is 14.3 Å². The first-order chi connectivity index (χ1) is 13.5. The number of methoxy groups -OCH3 is 1. The first-order valence-electron chi connectivity index (χ1n) is 9.49. The van der Waals surface area contributed by atoms with Crippen LogP contribution in [0.15, 0.2) is 78.9 Å². The average Bonchev–Trinajstić information content (AvgIpc) is 2.73. The summed E-state index contributed by atoms with van der Waals surface area (Å²) in [6.45, 7) is 3.67. The van der Waals surface area contributed by atoms with Gasteiger partial charge in [0.1, 0.15) is 11.5 Å². The van der Waals surface area contributed by atoms with Crippen molar-refractivity contribution in [1.82, 2.24) is 0 Å². The molecule has 0 spiro atoms. The molecule has 1 unspecified atom stereocenters. The van der Waals surface area contributed by atoms with Gasteiger partial charge in [0.15, 0.2) is 0 Å². The van der Waals surface area contributed by atoms with Gasteiger partial charge in [-0.1, -0.05) is 61.5 Å². The van der Waals surface area contributed by atoms with Crippen molar-refractivity contribution in [3.63, 3.8) is 0 Å². The first-order valence-corrected chi connectivity index (χ1v) is 9.49. The van der Waals surface area contributed by atoms with Crippen LogP contribution >= 0.6 is 0 Å². The van der Waals surface area contributed by atoms with Crippen LogP contribution in [0.5, 0.6) is 11.5 Å². The Morgan fingerprint density at radius 1 is 0.821 bits per heavy atom. The molecule has 3 rings (SSSR count). The molecule has 28 heavy (non-hydrogen) atoms. The van der Waals surface area contributed by atoms with E-state index in [1.807, 2.05) is 42.5 Å². The normalized spacial score (nSPS) is 12.8. The maximum Gasteiger partial charge on any atom is 0.308 e. The van der Waals surface area contributed by atoms with Crippen LogP contribution in [-0.2, 0) is 16.6 Å². The molecule has 3 nitrogen and oxygen atoms in total. The van der Waals surface area contributed by atoms with Gasteiger partial charge in [-0.05, 0) is 53.8 Å². The van der Waals surface area contributed by atoms with E-state index >= 15 is 0 Å². The molecule has 3 aromatic carbocycles. The summed E-state index contributed by atoms with van der Waals surface area (Å²) in [4.78, 5) is 11.2. The molecule has 0 saturated heterocycles. The minimum Gasteiger partial charge on any atom is -0.497 e. The van der Waals surface area contributed by atoms with Gasteiger partial charge in [0.2, 0.25) is 0 Å². The summed E-state index contributed by atoms with van der Waals surface area (Å²) in [7, 11) is 1.68. The third-order valence-corrected chi connectivity index (χ3v) is 5.24. The molecule has 0 aliphatic heterocycles. The SMILES string of the molecule is COc1ccc(C(C)(CCc2ccccc2)c2ccc(OC(C)=O)cc2)cc1. The fourth-order valence-corrected chi connectivity index (χ4v) is 3.51. The Hall–Kier alpha value is -3.07. The monoisotopic (exact) mass is 374 g/mol. The lowest BCUT2D eigenvalue weighted by molar-refractivity contribution is -0.131. The Kier molecular flexibility index (Phi) is 6.15. The number of rotatable bonds is 7. The third kappa shape index (κ3) is 4.61. The molecule has 0 aliphatic rings. The smallest absolute Gasteiger partial charge is 0.308 e. The number of aryl methyl sites for hydroxylation is 1. The minimum atomic E-state index is -0.310. The van der Waals surface area contributed by atoms with Gasteiger partial charge in [-0.3, -0.25) is 4.79 Å². The van der Waals surface area contributed by atoms with Gasteiger partial charge in [-0.2, -0.15) is 0 Å². The molecule has 0 N–H and O–H groups in total. The standard InChI is InChI=1S/C25H26O3/c1-19(26)28-24-15-11-22(12-16-24)25(2,18-17-20-7-5-4-6-8-20)21-9-13-23(27-3)14-10-21/h4-16H,17-18H2,1-3H3. The summed E-state index contributed by atoms with van der Waals surface area (Å²) in [6.07, 6.45) is 1.92. The zero-order valence-corrected chi connectivity index (χ0v) is 16.6. The molecule has 0 saturated carbocycles. The van der Waals surface area contributed by atoms with Crippen LogP contribution in [0.3, 0.4) is 0 Å². The van der Waals surface area contributed by atoms with E-state index in [0.717, 1.165) is 18.6 Å². The minimum absolute atomic E-state index is 0.184. The number of hydrogen-bond donors (Lipinski definition) is 0. The Morgan fingerprint density at radius 2 is 1.36 bits per heavy atom. The fraction of sp³-hybridized carbons (Fsp3) is 0.240. The van der Waals surface area contributed by atoms with Crippen molar-refractivity contribution in [2.45, 2.75) is 32.1 Å². The van der Waals surface area contributed by atoms with Crippen LogP contribution in [0.2, 0.25) is 0 Å². The summed E-state index contributed by atoms with van der Waals surface area (Å²) >= 11 is 0. The second kappa shape index (κ2) is 8.75. The van der Waals surface area contributed by atoms with Crippen LogP contribution in [0.4, 0.5) is 0 Å². The molecule has 0 heterocycles. The van der Waals surface area contributed by atoms with Gasteiger partial charge < -0.3 is 9.47 Å². The highest BCUT2D eigenvalue weighted by molar-refractivity contribution is 5.69. The van der Waals surface area contributed by atoms with E-state index in [9.17, 15) is 4.79 Å². The zero-order valence-electron chi connectivity index (χ0n) is 16.6. The molecular formula is C25H26O3. The number of esters is 1. The molecule has 0 radical (unpaired) electrons. The van der Waals surface area contributed by atoms with Crippen molar-refractivity contribution >= 4 is 5.97 Å². The summed E-state index contributed by atoms with van der Waals surface area (Å²) in [5, 5.41) is 0. The molecule has 1 atom stereocenters. The maximum atomic E-state index is 11.2. The summed E-state index contributed by atoms with van der Waals surface area (Å²) in [5.74, 6) is 1.10. The quantitative estimate of drug-likeness (QED) is 0.401. The number of carbonyl (C=O) groups excluding carboxylic acids is 1. The van der Waals surface area contributed by atoms with E-state index in [1.165, 1.54) is 23.6 Å².